The smallest absolute Gasteiger partial charge is 0.224 e. The van der Waals surface area contributed by atoms with Crippen molar-refractivity contribution in [1.82, 2.24) is 9.97 Å². The van der Waals surface area contributed by atoms with Crippen molar-refractivity contribution in [1.29, 1.82) is 0 Å². The van der Waals surface area contributed by atoms with Crippen LogP contribution in [0.15, 0.2) is 6.20 Å². The van der Waals surface area contributed by atoms with E-state index in [1.54, 1.807) is 0 Å². The molecule has 1 aliphatic rings. The molecule has 1 aromatic heterocycles. The van der Waals surface area contributed by atoms with Gasteiger partial charge in [0, 0.05) is 6.54 Å². The quantitative estimate of drug-likeness (QED) is 0.843. The maximum Gasteiger partial charge on any atom is 0.224 e. The molecule has 0 bridgehead atoms. The van der Waals surface area contributed by atoms with E-state index in [-0.39, 0.29) is 17.9 Å². The summed E-state index contributed by atoms with van der Waals surface area (Å²) in [4.78, 5) is 10.1. The largest absolute Gasteiger partial charge is 0.394 e. The molecule has 2 rings (SSSR count). The highest BCUT2D eigenvalue weighted by atomic mass is 35.5. The number of hydrogen-bond donors (Lipinski definition) is 1. The van der Waals surface area contributed by atoms with Crippen molar-refractivity contribution >= 4 is 29.0 Å². The van der Waals surface area contributed by atoms with E-state index in [9.17, 15) is 5.11 Å². The molecule has 1 aliphatic heterocycles. The van der Waals surface area contributed by atoms with Gasteiger partial charge in [-0.3, -0.25) is 0 Å². The zero-order valence-electron chi connectivity index (χ0n) is 9.44. The normalized spacial score (nSPS) is 21.4. The van der Waals surface area contributed by atoms with Crippen LogP contribution in [0.1, 0.15) is 25.7 Å². The first-order valence-electron chi connectivity index (χ1n) is 5.78. The Bertz CT molecular complexity index is 389. The van der Waals surface area contributed by atoms with Crippen molar-refractivity contribution in [3.8, 4) is 0 Å². The molecule has 2 heterocycles. The van der Waals surface area contributed by atoms with Crippen LogP contribution in [0.4, 0.5) is 5.82 Å². The molecule has 1 saturated heterocycles. The number of halogens is 2. The summed E-state index contributed by atoms with van der Waals surface area (Å²) in [5.41, 5.74) is 0. The SMILES string of the molecule is OCC1CCCCCN1c1nc(Cl)ncc1Cl. The minimum absolute atomic E-state index is 0.0703. The number of nitrogens with zero attached hydrogens (tertiary/aromatic N) is 3. The lowest BCUT2D eigenvalue weighted by atomic mass is 10.1. The third-order valence-corrected chi connectivity index (χ3v) is 3.50. The monoisotopic (exact) mass is 275 g/mol. The number of aromatic nitrogens is 2. The maximum absolute atomic E-state index is 9.45. The highest BCUT2D eigenvalue weighted by molar-refractivity contribution is 6.33. The molecule has 1 unspecified atom stereocenters. The van der Waals surface area contributed by atoms with Crippen molar-refractivity contribution in [2.75, 3.05) is 18.1 Å². The predicted octanol–water partition coefficient (Wildman–Crippen LogP) is 2.52. The van der Waals surface area contributed by atoms with E-state index in [2.05, 4.69) is 9.97 Å². The molecule has 0 radical (unpaired) electrons. The molecule has 0 aliphatic carbocycles. The van der Waals surface area contributed by atoms with Crippen LogP contribution in [0, 0.1) is 0 Å². The Morgan fingerprint density at radius 1 is 1.35 bits per heavy atom. The van der Waals surface area contributed by atoms with Gasteiger partial charge in [0.1, 0.15) is 5.02 Å². The van der Waals surface area contributed by atoms with Crippen LogP contribution >= 0.6 is 23.2 Å². The van der Waals surface area contributed by atoms with Crippen LogP contribution in [0.2, 0.25) is 10.3 Å². The molecule has 1 fully saturated rings. The van der Waals surface area contributed by atoms with Gasteiger partial charge in [-0.15, -0.1) is 0 Å². The van der Waals surface area contributed by atoms with E-state index in [0.717, 1.165) is 25.8 Å². The van der Waals surface area contributed by atoms with Crippen LogP contribution in [-0.4, -0.2) is 34.3 Å². The van der Waals surface area contributed by atoms with E-state index in [0.29, 0.717) is 10.8 Å². The molecule has 94 valence electrons. The van der Waals surface area contributed by atoms with Crippen molar-refractivity contribution in [3.05, 3.63) is 16.5 Å². The number of anilines is 1. The first kappa shape index (κ1) is 12.9. The fourth-order valence-electron chi connectivity index (χ4n) is 2.18. The molecule has 1 aromatic rings. The molecule has 1 atom stereocenters. The Kier molecular flexibility index (Phi) is 4.42. The van der Waals surface area contributed by atoms with Gasteiger partial charge in [0.05, 0.1) is 18.8 Å². The summed E-state index contributed by atoms with van der Waals surface area (Å²) in [5, 5.41) is 10.1. The summed E-state index contributed by atoms with van der Waals surface area (Å²) in [6.45, 7) is 0.955. The Morgan fingerprint density at radius 3 is 2.94 bits per heavy atom. The number of rotatable bonds is 2. The Balaban J connectivity index is 2.31. The number of aliphatic hydroxyl groups excluding tert-OH is 1. The molecule has 0 amide bonds. The van der Waals surface area contributed by atoms with Crippen LogP contribution in [-0.2, 0) is 0 Å². The Hall–Kier alpha value is -0.580. The van der Waals surface area contributed by atoms with E-state index in [1.807, 2.05) is 4.90 Å². The van der Waals surface area contributed by atoms with Crippen LogP contribution in [0.25, 0.3) is 0 Å². The Labute approximate surface area is 111 Å². The first-order valence-corrected chi connectivity index (χ1v) is 6.53. The second-order valence-electron chi connectivity index (χ2n) is 4.19. The molecule has 6 heteroatoms. The van der Waals surface area contributed by atoms with Crippen LogP contribution in [0.5, 0.6) is 0 Å². The van der Waals surface area contributed by atoms with Gasteiger partial charge in [-0.25, -0.2) is 4.98 Å². The van der Waals surface area contributed by atoms with Crippen molar-refractivity contribution < 1.29 is 5.11 Å². The van der Waals surface area contributed by atoms with Gasteiger partial charge < -0.3 is 10.0 Å². The second-order valence-corrected chi connectivity index (χ2v) is 4.93. The lowest BCUT2D eigenvalue weighted by Gasteiger charge is -2.30. The van der Waals surface area contributed by atoms with Gasteiger partial charge >= 0.3 is 0 Å². The molecule has 0 spiro atoms. The highest BCUT2D eigenvalue weighted by Crippen LogP contribution is 2.29. The van der Waals surface area contributed by atoms with Gasteiger partial charge in [0.15, 0.2) is 5.82 Å². The third kappa shape index (κ3) is 3.00. The summed E-state index contributed by atoms with van der Waals surface area (Å²) in [6.07, 6.45) is 5.83. The van der Waals surface area contributed by atoms with Crippen molar-refractivity contribution in [2.45, 2.75) is 31.7 Å². The summed E-state index contributed by atoms with van der Waals surface area (Å²) < 4.78 is 0. The van der Waals surface area contributed by atoms with Crippen molar-refractivity contribution in [3.63, 3.8) is 0 Å². The highest BCUT2D eigenvalue weighted by Gasteiger charge is 2.23. The first-order chi connectivity index (χ1) is 8.22. The van der Waals surface area contributed by atoms with Crippen LogP contribution in [0.3, 0.4) is 0 Å². The zero-order chi connectivity index (χ0) is 12.3. The molecule has 0 saturated carbocycles. The fourth-order valence-corrected chi connectivity index (χ4v) is 2.51. The fraction of sp³-hybridized carbons (Fsp3) is 0.636. The standard InChI is InChI=1S/C11H15Cl2N3O/c12-9-6-14-11(13)15-10(9)16-5-3-1-2-4-8(16)7-17/h6,8,17H,1-5,7H2. The summed E-state index contributed by atoms with van der Waals surface area (Å²) in [7, 11) is 0. The van der Waals surface area contributed by atoms with Crippen molar-refractivity contribution in [2.24, 2.45) is 0 Å². The summed E-state index contributed by atoms with van der Waals surface area (Å²) >= 11 is 11.9. The number of aliphatic hydroxyl groups is 1. The molecule has 0 aromatic carbocycles. The lowest BCUT2D eigenvalue weighted by molar-refractivity contribution is 0.254. The van der Waals surface area contributed by atoms with Gasteiger partial charge in [0.2, 0.25) is 5.28 Å². The zero-order valence-corrected chi connectivity index (χ0v) is 11.0. The lowest BCUT2D eigenvalue weighted by Crippen LogP contribution is -2.38. The minimum atomic E-state index is 0.0703. The van der Waals surface area contributed by atoms with Gasteiger partial charge in [-0.1, -0.05) is 24.4 Å². The van der Waals surface area contributed by atoms with Gasteiger partial charge in [0.25, 0.3) is 0 Å². The average molecular weight is 276 g/mol. The predicted molar refractivity (Wildman–Crippen MR) is 68.7 cm³/mol. The van der Waals surface area contributed by atoms with E-state index >= 15 is 0 Å². The molecule has 17 heavy (non-hydrogen) atoms. The molecule has 4 nitrogen and oxygen atoms in total. The van der Waals surface area contributed by atoms with E-state index < -0.39 is 0 Å². The van der Waals surface area contributed by atoms with E-state index in [4.69, 9.17) is 23.2 Å². The van der Waals surface area contributed by atoms with Gasteiger partial charge in [-0.2, -0.15) is 4.98 Å². The van der Waals surface area contributed by atoms with E-state index in [1.165, 1.54) is 12.6 Å². The second kappa shape index (κ2) is 5.85. The van der Waals surface area contributed by atoms with Gasteiger partial charge in [-0.05, 0) is 24.4 Å². The molecular weight excluding hydrogens is 261 g/mol. The minimum Gasteiger partial charge on any atom is -0.394 e. The van der Waals surface area contributed by atoms with Crippen LogP contribution < -0.4 is 4.90 Å². The summed E-state index contributed by atoms with van der Waals surface area (Å²) in [5.74, 6) is 0.632. The molecule has 1 N–H and O–H groups in total. The average Bonchev–Trinajstić information content (AvgIpc) is 2.57. The topological polar surface area (TPSA) is 49.2 Å². The maximum atomic E-state index is 9.45. The summed E-state index contributed by atoms with van der Waals surface area (Å²) in [6, 6.07) is 0.0703. The third-order valence-electron chi connectivity index (χ3n) is 3.06. The molecular formula is C11H15Cl2N3O. The Morgan fingerprint density at radius 2 is 2.18 bits per heavy atom. The number of hydrogen-bond acceptors (Lipinski definition) is 4.